The molecule has 0 amide bonds. The molecule has 16 heavy (non-hydrogen) atoms. The van der Waals surface area contributed by atoms with Crippen molar-refractivity contribution in [3.05, 3.63) is 12.2 Å². The van der Waals surface area contributed by atoms with Gasteiger partial charge < -0.3 is 0 Å². The normalized spacial score (nSPS) is 26.6. The minimum absolute atomic E-state index is 0.366. The fourth-order valence-electron chi connectivity index (χ4n) is 2.55. The van der Waals surface area contributed by atoms with E-state index in [4.69, 9.17) is 11.6 Å². The summed E-state index contributed by atoms with van der Waals surface area (Å²) in [7, 11) is 0. The maximum absolute atomic E-state index is 6.29. The van der Waals surface area contributed by atoms with Gasteiger partial charge in [0.15, 0.2) is 0 Å². The van der Waals surface area contributed by atoms with E-state index in [1.54, 1.807) is 6.33 Å². The van der Waals surface area contributed by atoms with Crippen LogP contribution in [-0.2, 0) is 13.0 Å². The first kappa shape index (κ1) is 11.9. The molecule has 0 radical (unpaired) electrons. The first-order valence-corrected chi connectivity index (χ1v) is 6.74. The molecule has 0 N–H and O–H groups in total. The molecule has 2 atom stereocenters. The van der Waals surface area contributed by atoms with E-state index in [-0.39, 0.29) is 0 Å². The van der Waals surface area contributed by atoms with Crippen LogP contribution >= 0.6 is 11.6 Å². The summed E-state index contributed by atoms with van der Waals surface area (Å²) in [6.45, 7) is 3.02. The lowest BCUT2D eigenvalue weighted by Crippen LogP contribution is -2.13. The summed E-state index contributed by atoms with van der Waals surface area (Å²) in [4.78, 5) is 4.35. The number of hydrogen-bond donors (Lipinski definition) is 0. The number of alkyl halides is 1. The van der Waals surface area contributed by atoms with Crippen LogP contribution in [0, 0.1) is 5.92 Å². The van der Waals surface area contributed by atoms with Crippen LogP contribution < -0.4 is 0 Å². The predicted molar refractivity (Wildman–Crippen MR) is 65.6 cm³/mol. The molecule has 0 bridgehead atoms. The van der Waals surface area contributed by atoms with Gasteiger partial charge in [-0.2, -0.15) is 5.10 Å². The summed E-state index contributed by atoms with van der Waals surface area (Å²) in [5.74, 6) is 1.82. The molecule has 0 saturated heterocycles. The van der Waals surface area contributed by atoms with Crippen LogP contribution in [0.3, 0.4) is 0 Å². The molecule has 0 aliphatic heterocycles. The topological polar surface area (TPSA) is 30.7 Å². The van der Waals surface area contributed by atoms with Gasteiger partial charge in [-0.15, -0.1) is 11.6 Å². The Hall–Kier alpha value is -0.570. The molecule has 0 spiro atoms. The Morgan fingerprint density at radius 3 is 3.06 bits per heavy atom. The number of halogens is 1. The Labute approximate surface area is 102 Å². The van der Waals surface area contributed by atoms with Gasteiger partial charge in [0.05, 0.1) is 0 Å². The molecule has 1 heterocycles. The van der Waals surface area contributed by atoms with Crippen LogP contribution in [0.4, 0.5) is 0 Å². The average molecular weight is 242 g/mol. The monoisotopic (exact) mass is 241 g/mol. The maximum atomic E-state index is 6.29. The maximum Gasteiger partial charge on any atom is 0.138 e. The fourth-order valence-corrected chi connectivity index (χ4v) is 2.96. The number of hydrogen-bond acceptors (Lipinski definition) is 2. The number of rotatable bonds is 3. The van der Waals surface area contributed by atoms with Gasteiger partial charge in [-0.25, -0.2) is 4.98 Å². The molecule has 90 valence electrons. The molecule has 2 unspecified atom stereocenters. The van der Waals surface area contributed by atoms with Gasteiger partial charge in [-0.1, -0.05) is 12.8 Å². The van der Waals surface area contributed by atoms with Gasteiger partial charge in [0.1, 0.15) is 12.2 Å². The van der Waals surface area contributed by atoms with Gasteiger partial charge in [0, 0.05) is 18.3 Å². The highest BCUT2D eigenvalue weighted by molar-refractivity contribution is 6.20. The lowest BCUT2D eigenvalue weighted by molar-refractivity contribution is 0.436. The molecular formula is C12H20ClN3. The van der Waals surface area contributed by atoms with E-state index < -0.39 is 0 Å². The number of aromatic nitrogens is 3. The van der Waals surface area contributed by atoms with Crippen molar-refractivity contribution in [3.63, 3.8) is 0 Å². The minimum Gasteiger partial charge on any atom is -0.250 e. The van der Waals surface area contributed by atoms with Crippen LogP contribution in [0.2, 0.25) is 0 Å². The third kappa shape index (κ3) is 2.97. The van der Waals surface area contributed by atoms with E-state index in [2.05, 4.69) is 17.0 Å². The van der Waals surface area contributed by atoms with Crippen molar-refractivity contribution in [3.8, 4) is 0 Å². The van der Waals surface area contributed by atoms with E-state index >= 15 is 0 Å². The van der Waals surface area contributed by atoms with Crippen LogP contribution in [0.25, 0.3) is 0 Å². The SMILES string of the molecule is CCn1ncnc1CC1CCCCC(Cl)C1. The van der Waals surface area contributed by atoms with Crippen molar-refractivity contribution in [2.45, 2.75) is 57.4 Å². The van der Waals surface area contributed by atoms with Crippen molar-refractivity contribution in [1.29, 1.82) is 0 Å². The number of nitrogens with zero attached hydrogens (tertiary/aromatic N) is 3. The predicted octanol–water partition coefficient (Wildman–Crippen LogP) is 3.03. The zero-order valence-electron chi connectivity index (χ0n) is 9.90. The molecule has 1 aliphatic rings. The Morgan fingerprint density at radius 2 is 2.25 bits per heavy atom. The van der Waals surface area contributed by atoms with E-state index in [0.717, 1.165) is 25.2 Å². The molecule has 1 fully saturated rings. The first-order valence-electron chi connectivity index (χ1n) is 6.30. The van der Waals surface area contributed by atoms with Crippen molar-refractivity contribution < 1.29 is 0 Å². The lowest BCUT2D eigenvalue weighted by atomic mass is 9.96. The zero-order chi connectivity index (χ0) is 11.4. The molecule has 1 aromatic rings. The Morgan fingerprint density at radius 1 is 1.44 bits per heavy atom. The van der Waals surface area contributed by atoms with Crippen LogP contribution in [-0.4, -0.2) is 20.1 Å². The molecular weight excluding hydrogens is 222 g/mol. The molecule has 2 rings (SSSR count). The zero-order valence-corrected chi connectivity index (χ0v) is 10.7. The van der Waals surface area contributed by atoms with Crippen molar-refractivity contribution in [2.75, 3.05) is 0 Å². The molecule has 1 aliphatic carbocycles. The highest BCUT2D eigenvalue weighted by atomic mass is 35.5. The highest BCUT2D eigenvalue weighted by Crippen LogP contribution is 2.28. The smallest absolute Gasteiger partial charge is 0.138 e. The summed E-state index contributed by atoms with van der Waals surface area (Å²) in [6, 6.07) is 0. The standard InChI is InChI=1S/C12H20ClN3/c1-2-16-12(14-9-15-16)8-10-5-3-4-6-11(13)7-10/h9-11H,2-8H2,1H3. The van der Waals surface area contributed by atoms with E-state index in [1.165, 1.54) is 25.7 Å². The van der Waals surface area contributed by atoms with Crippen LogP contribution in [0.1, 0.15) is 44.9 Å². The Balaban J connectivity index is 1.97. The van der Waals surface area contributed by atoms with Gasteiger partial charge >= 0.3 is 0 Å². The molecule has 1 saturated carbocycles. The summed E-state index contributed by atoms with van der Waals surface area (Å²) in [5, 5.41) is 4.58. The van der Waals surface area contributed by atoms with E-state index in [9.17, 15) is 0 Å². The first-order chi connectivity index (χ1) is 7.79. The average Bonchev–Trinajstić information content (AvgIpc) is 2.61. The molecule has 0 aromatic carbocycles. The van der Waals surface area contributed by atoms with Crippen LogP contribution in [0.5, 0.6) is 0 Å². The van der Waals surface area contributed by atoms with Gasteiger partial charge in [0.25, 0.3) is 0 Å². The number of aryl methyl sites for hydroxylation is 1. The summed E-state index contributed by atoms with van der Waals surface area (Å²) in [6.07, 6.45) is 8.90. The van der Waals surface area contributed by atoms with Gasteiger partial charge in [-0.3, -0.25) is 4.68 Å². The fraction of sp³-hybridized carbons (Fsp3) is 0.833. The van der Waals surface area contributed by atoms with Gasteiger partial charge in [-0.05, 0) is 32.1 Å². The second-order valence-electron chi connectivity index (χ2n) is 4.68. The van der Waals surface area contributed by atoms with Crippen molar-refractivity contribution >= 4 is 11.6 Å². The van der Waals surface area contributed by atoms with Crippen molar-refractivity contribution in [2.24, 2.45) is 5.92 Å². The summed E-state index contributed by atoms with van der Waals surface area (Å²) >= 11 is 6.29. The third-order valence-corrected chi connectivity index (χ3v) is 3.83. The van der Waals surface area contributed by atoms with E-state index in [0.29, 0.717) is 11.3 Å². The quantitative estimate of drug-likeness (QED) is 0.602. The van der Waals surface area contributed by atoms with Gasteiger partial charge in [0.2, 0.25) is 0 Å². The van der Waals surface area contributed by atoms with Crippen molar-refractivity contribution in [1.82, 2.24) is 14.8 Å². The van der Waals surface area contributed by atoms with E-state index in [1.807, 2.05) is 4.68 Å². The Kier molecular flexibility index (Phi) is 4.22. The largest absolute Gasteiger partial charge is 0.250 e. The second-order valence-corrected chi connectivity index (χ2v) is 5.30. The summed E-state index contributed by atoms with van der Waals surface area (Å²) in [5.41, 5.74) is 0. The highest BCUT2D eigenvalue weighted by Gasteiger charge is 2.20. The minimum atomic E-state index is 0.366. The molecule has 4 heteroatoms. The third-order valence-electron chi connectivity index (χ3n) is 3.44. The molecule has 1 aromatic heterocycles. The lowest BCUT2D eigenvalue weighted by Gasteiger charge is -2.15. The van der Waals surface area contributed by atoms with Crippen LogP contribution in [0.15, 0.2) is 6.33 Å². The molecule has 3 nitrogen and oxygen atoms in total. The Bertz CT molecular complexity index is 324. The second kappa shape index (κ2) is 5.67. The summed E-state index contributed by atoms with van der Waals surface area (Å²) < 4.78 is 1.99.